The molecule has 6 nitrogen and oxygen atoms in total. The van der Waals surface area contributed by atoms with Gasteiger partial charge in [-0.15, -0.1) is 0 Å². The summed E-state index contributed by atoms with van der Waals surface area (Å²) in [5, 5.41) is 5.88. The fraction of sp³-hybridized carbons (Fsp3) is 0.0625. The summed E-state index contributed by atoms with van der Waals surface area (Å²) < 4.78 is 0. The number of ketones is 1. The van der Waals surface area contributed by atoms with Gasteiger partial charge in [0.05, 0.1) is 17.9 Å². The number of nitrogens with zero attached hydrogens (tertiary/aromatic N) is 2. The molecule has 0 bridgehead atoms. The van der Waals surface area contributed by atoms with Crippen LogP contribution >= 0.6 is 0 Å². The van der Waals surface area contributed by atoms with E-state index in [2.05, 4.69) is 15.6 Å². The van der Waals surface area contributed by atoms with Crippen LogP contribution in [0.1, 0.15) is 0 Å². The standard InChI is InChI=1S/C16H12N4O2/c21-13-9-20-12-4-2-1-3-11(12)19-15(20)14(13)16(22)18-10-5-7-17-8-6-10/h1-8,19H,9H2,(H,17,18,22). The predicted octanol–water partition coefficient (Wildman–Crippen LogP) is 1.75. The normalized spacial score (nSPS) is 15.5. The number of nitrogens with one attached hydrogen (secondary N) is 2. The lowest BCUT2D eigenvalue weighted by Gasteiger charge is -2.11. The second-order valence-electron chi connectivity index (χ2n) is 5.07. The zero-order chi connectivity index (χ0) is 15.1. The molecule has 2 aliphatic rings. The second kappa shape index (κ2) is 4.70. The lowest BCUT2D eigenvalue weighted by atomic mass is 10.2. The van der Waals surface area contributed by atoms with Gasteiger partial charge >= 0.3 is 0 Å². The van der Waals surface area contributed by atoms with Gasteiger partial charge in [0.25, 0.3) is 5.91 Å². The Morgan fingerprint density at radius 2 is 1.95 bits per heavy atom. The first-order valence-electron chi connectivity index (χ1n) is 6.86. The van der Waals surface area contributed by atoms with Gasteiger partial charge in [-0.05, 0) is 24.3 Å². The Morgan fingerprint density at radius 1 is 1.18 bits per heavy atom. The molecular formula is C16H12N4O2. The third-order valence-electron chi connectivity index (χ3n) is 3.70. The number of anilines is 3. The van der Waals surface area contributed by atoms with Crippen molar-refractivity contribution in [2.75, 3.05) is 22.1 Å². The van der Waals surface area contributed by atoms with E-state index >= 15 is 0 Å². The van der Waals surface area contributed by atoms with Gasteiger partial charge in [0, 0.05) is 18.1 Å². The first kappa shape index (κ1) is 12.6. The Kier molecular flexibility index (Phi) is 2.69. The summed E-state index contributed by atoms with van der Waals surface area (Å²) in [5.74, 6) is -0.0460. The van der Waals surface area contributed by atoms with E-state index in [0.29, 0.717) is 11.5 Å². The van der Waals surface area contributed by atoms with Crippen molar-refractivity contribution in [1.82, 2.24) is 4.98 Å². The van der Waals surface area contributed by atoms with E-state index in [1.165, 1.54) is 0 Å². The molecule has 2 aromatic rings. The molecule has 2 aliphatic heterocycles. The number of para-hydroxylation sites is 2. The van der Waals surface area contributed by atoms with Crippen molar-refractivity contribution in [2.24, 2.45) is 0 Å². The first-order valence-corrected chi connectivity index (χ1v) is 6.86. The fourth-order valence-corrected chi connectivity index (χ4v) is 2.71. The van der Waals surface area contributed by atoms with Crippen molar-refractivity contribution in [3.63, 3.8) is 0 Å². The van der Waals surface area contributed by atoms with E-state index in [4.69, 9.17) is 0 Å². The zero-order valence-electron chi connectivity index (χ0n) is 11.5. The Hall–Kier alpha value is -3.15. The lowest BCUT2D eigenvalue weighted by Crippen LogP contribution is -2.21. The summed E-state index contributed by atoms with van der Waals surface area (Å²) in [6.45, 7) is 0.179. The summed E-state index contributed by atoms with van der Waals surface area (Å²) in [7, 11) is 0. The number of aromatic nitrogens is 1. The Balaban J connectivity index is 1.68. The molecule has 108 valence electrons. The molecule has 22 heavy (non-hydrogen) atoms. The number of benzene rings is 1. The minimum Gasteiger partial charge on any atom is -0.339 e. The van der Waals surface area contributed by atoms with Gasteiger partial charge in [0.2, 0.25) is 0 Å². The molecular weight excluding hydrogens is 280 g/mol. The molecule has 4 rings (SSSR count). The van der Waals surface area contributed by atoms with Crippen molar-refractivity contribution in [1.29, 1.82) is 0 Å². The van der Waals surface area contributed by atoms with Crippen molar-refractivity contribution >= 4 is 28.8 Å². The minimum absolute atomic E-state index is 0.160. The van der Waals surface area contributed by atoms with Crippen molar-refractivity contribution in [2.45, 2.75) is 0 Å². The quantitative estimate of drug-likeness (QED) is 0.825. The Morgan fingerprint density at radius 3 is 2.77 bits per heavy atom. The average Bonchev–Trinajstić information content (AvgIpc) is 3.02. The molecule has 0 spiro atoms. The highest BCUT2D eigenvalue weighted by Crippen LogP contribution is 2.40. The van der Waals surface area contributed by atoms with Crippen LogP contribution in [0.2, 0.25) is 0 Å². The van der Waals surface area contributed by atoms with E-state index in [0.717, 1.165) is 11.4 Å². The molecule has 0 atom stereocenters. The number of amides is 1. The molecule has 1 aromatic carbocycles. The minimum atomic E-state index is -0.408. The van der Waals surface area contributed by atoms with Gasteiger partial charge in [-0.2, -0.15) is 0 Å². The third-order valence-corrected chi connectivity index (χ3v) is 3.70. The first-order chi connectivity index (χ1) is 10.7. The zero-order valence-corrected chi connectivity index (χ0v) is 11.5. The molecule has 0 saturated heterocycles. The second-order valence-corrected chi connectivity index (χ2v) is 5.07. The fourth-order valence-electron chi connectivity index (χ4n) is 2.71. The van der Waals surface area contributed by atoms with Gasteiger partial charge in [-0.25, -0.2) is 0 Å². The van der Waals surface area contributed by atoms with Gasteiger partial charge in [-0.1, -0.05) is 12.1 Å². The Bertz CT molecular complexity index is 814. The maximum Gasteiger partial charge on any atom is 0.263 e. The number of carbonyl (C=O) groups excluding carboxylic acids is 2. The number of carbonyl (C=O) groups is 2. The molecule has 6 heteroatoms. The number of pyridine rings is 1. The van der Waals surface area contributed by atoms with Crippen LogP contribution in [0.25, 0.3) is 0 Å². The molecule has 3 heterocycles. The largest absolute Gasteiger partial charge is 0.339 e. The van der Waals surface area contributed by atoms with Crippen LogP contribution in [-0.4, -0.2) is 23.2 Å². The van der Waals surface area contributed by atoms with Gasteiger partial charge in [-0.3, -0.25) is 14.6 Å². The van der Waals surface area contributed by atoms with Crippen LogP contribution in [0.5, 0.6) is 0 Å². The third kappa shape index (κ3) is 1.85. The van der Waals surface area contributed by atoms with E-state index in [1.54, 1.807) is 24.5 Å². The average molecular weight is 292 g/mol. The molecule has 0 unspecified atom stereocenters. The van der Waals surface area contributed by atoms with Crippen LogP contribution in [0.4, 0.5) is 17.1 Å². The number of rotatable bonds is 2. The molecule has 0 aliphatic carbocycles. The van der Waals surface area contributed by atoms with E-state index in [-0.39, 0.29) is 17.9 Å². The van der Waals surface area contributed by atoms with Crippen LogP contribution in [0.15, 0.2) is 60.2 Å². The maximum atomic E-state index is 12.4. The van der Waals surface area contributed by atoms with Gasteiger partial charge in [0.1, 0.15) is 11.4 Å². The number of hydrogen-bond acceptors (Lipinski definition) is 5. The van der Waals surface area contributed by atoms with Crippen LogP contribution in [0.3, 0.4) is 0 Å². The highest BCUT2D eigenvalue weighted by Gasteiger charge is 2.39. The van der Waals surface area contributed by atoms with E-state index in [9.17, 15) is 9.59 Å². The molecule has 0 saturated carbocycles. The Labute approximate surface area is 126 Å². The summed E-state index contributed by atoms with van der Waals surface area (Å²) >= 11 is 0. The van der Waals surface area contributed by atoms with E-state index < -0.39 is 5.91 Å². The molecule has 0 fully saturated rings. The summed E-state index contributed by atoms with van der Waals surface area (Å²) in [6.07, 6.45) is 3.17. The van der Waals surface area contributed by atoms with Gasteiger partial charge < -0.3 is 15.5 Å². The number of Topliss-reactive ketones (excluding diaryl/α,β-unsaturated/α-hetero) is 1. The topological polar surface area (TPSA) is 74.3 Å². The molecule has 0 radical (unpaired) electrons. The van der Waals surface area contributed by atoms with Crippen molar-refractivity contribution in [3.05, 3.63) is 60.2 Å². The highest BCUT2D eigenvalue weighted by molar-refractivity contribution is 6.28. The molecule has 1 amide bonds. The highest BCUT2D eigenvalue weighted by atomic mass is 16.2. The summed E-state index contributed by atoms with van der Waals surface area (Å²) in [4.78, 5) is 30.4. The van der Waals surface area contributed by atoms with Crippen LogP contribution < -0.4 is 15.5 Å². The van der Waals surface area contributed by atoms with Crippen molar-refractivity contribution < 1.29 is 9.59 Å². The lowest BCUT2D eigenvalue weighted by molar-refractivity contribution is -0.118. The van der Waals surface area contributed by atoms with E-state index in [1.807, 2.05) is 29.2 Å². The molecule has 2 N–H and O–H groups in total. The summed E-state index contributed by atoms with van der Waals surface area (Å²) in [6, 6.07) is 11.0. The summed E-state index contributed by atoms with van der Waals surface area (Å²) in [5.41, 5.74) is 2.58. The van der Waals surface area contributed by atoms with Crippen molar-refractivity contribution in [3.8, 4) is 0 Å². The SMILES string of the molecule is O=C1CN2C(=C1C(=O)Nc1ccncc1)Nc1ccccc12. The maximum absolute atomic E-state index is 12.4. The van der Waals surface area contributed by atoms with Crippen LogP contribution in [0, 0.1) is 0 Å². The van der Waals surface area contributed by atoms with Crippen LogP contribution in [-0.2, 0) is 9.59 Å². The molecule has 1 aromatic heterocycles. The predicted molar refractivity (Wildman–Crippen MR) is 82.3 cm³/mol. The number of fused-ring (bicyclic) bond motifs is 3. The number of hydrogen-bond donors (Lipinski definition) is 2. The monoisotopic (exact) mass is 292 g/mol. The van der Waals surface area contributed by atoms with Gasteiger partial charge in [0.15, 0.2) is 5.78 Å². The smallest absolute Gasteiger partial charge is 0.263 e.